The molecule has 2 aromatic rings. The van der Waals surface area contributed by atoms with E-state index in [1.807, 2.05) is 13.8 Å². The highest BCUT2D eigenvalue weighted by Crippen LogP contribution is 2.29. The third-order valence-electron chi connectivity index (χ3n) is 2.83. The molecule has 0 amide bonds. The molecule has 1 aromatic carbocycles. The van der Waals surface area contributed by atoms with Gasteiger partial charge in [-0.25, -0.2) is 4.39 Å². The summed E-state index contributed by atoms with van der Waals surface area (Å²) >= 11 is 3.26. The molecule has 2 rings (SSSR count). The molecular formula is C12H13BrFN3O. The molecule has 96 valence electrons. The molecule has 1 unspecified atom stereocenters. The molecule has 0 bridgehead atoms. The molecule has 0 fully saturated rings. The van der Waals surface area contributed by atoms with Crippen LogP contribution in [0.5, 0.6) is 0 Å². The van der Waals surface area contributed by atoms with Crippen LogP contribution in [0.15, 0.2) is 27.2 Å². The molecule has 4 nitrogen and oxygen atoms in total. The normalized spacial score (nSPS) is 14.5. The highest BCUT2D eigenvalue weighted by atomic mass is 79.9. The van der Waals surface area contributed by atoms with Crippen LogP contribution in [0.2, 0.25) is 0 Å². The third-order valence-corrected chi connectivity index (χ3v) is 3.49. The van der Waals surface area contributed by atoms with Crippen LogP contribution >= 0.6 is 15.9 Å². The quantitative estimate of drug-likeness (QED) is 0.944. The van der Waals surface area contributed by atoms with E-state index < -0.39 is 5.54 Å². The highest BCUT2D eigenvalue weighted by molar-refractivity contribution is 9.10. The summed E-state index contributed by atoms with van der Waals surface area (Å²) in [5, 5.41) is 3.87. The maximum absolute atomic E-state index is 13.0. The van der Waals surface area contributed by atoms with Crippen LogP contribution in [-0.4, -0.2) is 10.1 Å². The molecule has 1 aromatic heterocycles. The molecule has 1 atom stereocenters. The van der Waals surface area contributed by atoms with Crippen molar-refractivity contribution in [3.8, 4) is 11.5 Å². The minimum absolute atomic E-state index is 0.321. The van der Waals surface area contributed by atoms with Gasteiger partial charge in [0.15, 0.2) is 5.82 Å². The summed E-state index contributed by atoms with van der Waals surface area (Å²) in [4.78, 5) is 4.26. The Morgan fingerprint density at radius 2 is 2.22 bits per heavy atom. The van der Waals surface area contributed by atoms with Gasteiger partial charge in [-0.15, -0.1) is 0 Å². The van der Waals surface area contributed by atoms with Crippen LogP contribution in [0.3, 0.4) is 0 Å². The van der Waals surface area contributed by atoms with Crippen molar-refractivity contribution in [2.24, 2.45) is 5.73 Å². The second kappa shape index (κ2) is 4.78. The maximum atomic E-state index is 13.0. The lowest BCUT2D eigenvalue weighted by molar-refractivity contribution is 0.379. The Hall–Kier alpha value is -1.27. The molecule has 0 spiro atoms. The summed E-state index contributed by atoms with van der Waals surface area (Å²) < 4.78 is 18.7. The van der Waals surface area contributed by atoms with Gasteiger partial charge in [-0.2, -0.15) is 4.98 Å². The Balaban J connectivity index is 2.41. The first-order valence-electron chi connectivity index (χ1n) is 5.52. The predicted octanol–water partition coefficient (Wildman–Crippen LogP) is 3.22. The fourth-order valence-electron chi connectivity index (χ4n) is 1.39. The summed E-state index contributed by atoms with van der Waals surface area (Å²) in [6, 6.07) is 4.27. The number of benzene rings is 1. The summed E-state index contributed by atoms with van der Waals surface area (Å²) in [7, 11) is 0. The fraction of sp³-hybridized carbons (Fsp3) is 0.333. The number of rotatable bonds is 3. The van der Waals surface area contributed by atoms with Crippen molar-refractivity contribution in [1.29, 1.82) is 0 Å². The van der Waals surface area contributed by atoms with Gasteiger partial charge in [0.05, 0.1) is 11.1 Å². The van der Waals surface area contributed by atoms with E-state index in [-0.39, 0.29) is 5.82 Å². The largest absolute Gasteiger partial charge is 0.334 e. The Kier molecular flexibility index (Phi) is 3.49. The molecule has 18 heavy (non-hydrogen) atoms. The van der Waals surface area contributed by atoms with Crippen molar-refractivity contribution >= 4 is 15.9 Å². The summed E-state index contributed by atoms with van der Waals surface area (Å²) in [5.74, 6) is 0.431. The van der Waals surface area contributed by atoms with Crippen molar-refractivity contribution in [2.75, 3.05) is 0 Å². The van der Waals surface area contributed by atoms with Gasteiger partial charge in [-0.05, 0) is 47.5 Å². The number of hydrogen-bond acceptors (Lipinski definition) is 4. The van der Waals surface area contributed by atoms with Gasteiger partial charge < -0.3 is 10.3 Å². The second-order valence-corrected chi connectivity index (χ2v) is 5.17. The van der Waals surface area contributed by atoms with Gasteiger partial charge in [0.2, 0.25) is 0 Å². The minimum atomic E-state index is -0.631. The molecular weight excluding hydrogens is 301 g/mol. The second-order valence-electron chi connectivity index (χ2n) is 4.32. The van der Waals surface area contributed by atoms with E-state index in [2.05, 4.69) is 26.1 Å². The lowest BCUT2D eigenvalue weighted by Crippen LogP contribution is -2.33. The van der Waals surface area contributed by atoms with Crippen molar-refractivity contribution in [3.05, 3.63) is 34.3 Å². The average Bonchev–Trinajstić information content (AvgIpc) is 2.79. The minimum Gasteiger partial charge on any atom is -0.334 e. The zero-order valence-electron chi connectivity index (χ0n) is 10.1. The van der Waals surface area contributed by atoms with Crippen LogP contribution < -0.4 is 5.73 Å². The van der Waals surface area contributed by atoms with Gasteiger partial charge in [-0.3, -0.25) is 0 Å². The van der Waals surface area contributed by atoms with E-state index in [9.17, 15) is 4.39 Å². The predicted molar refractivity (Wildman–Crippen MR) is 69.2 cm³/mol. The van der Waals surface area contributed by atoms with Crippen LogP contribution in [-0.2, 0) is 5.54 Å². The molecule has 0 aliphatic rings. The topological polar surface area (TPSA) is 64.9 Å². The Morgan fingerprint density at radius 1 is 1.50 bits per heavy atom. The average molecular weight is 314 g/mol. The van der Waals surface area contributed by atoms with Crippen molar-refractivity contribution in [2.45, 2.75) is 25.8 Å². The summed E-state index contributed by atoms with van der Waals surface area (Å²) in [6.45, 7) is 3.78. The lowest BCUT2D eigenvalue weighted by atomic mass is 10.00. The number of halogens is 2. The summed E-state index contributed by atoms with van der Waals surface area (Å²) in [5.41, 5.74) is 6.04. The van der Waals surface area contributed by atoms with Crippen molar-refractivity contribution in [1.82, 2.24) is 10.1 Å². The van der Waals surface area contributed by atoms with E-state index in [0.717, 1.165) is 0 Å². The van der Waals surface area contributed by atoms with Gasteiger partial charge in [0.25, 0.3) is 5.89 Å². The van der Waals surface area contributed by atoms with Crippen molar-refractivity contribution in [3.63, 3.8) is 0 Å². The monoisotopic (exact) mass is 313 g/mol. The lowest BCUT2D eigenvalue weighted by Gasteiger charge is -2.16. The molecule has 0 radical (unpaired) electrons. The Labute approximate surface area is 113 Å². The van der Waals surface area contributed by atoms with Gasteiger partial charge in [0.1, 0.15) is 5.82 Å². The number of nitrogens with two attached hydrogens (primary N) is 1. The van der Waals surface area contributed by atoms with Gasteiger partial charge >= 0.3 is 0 Å². The van der Waals surface area contributed by atoms with Gasteiger partial charge in [0, 0.05) is 4.47 Å². The molecule has 6 heteroatoms. The smallest absolute Gasteiger partial charge is 0.259 e. The summed E-state index contributed by atoms with van der Waals surface area (Å²) in [6.07, 6.45) is 0.691. The molecule has 2 N–H and O–H groups in total. The van der Waals surface area contributed by atoms with Crippen LogP contribution in [0, 0.1) is 5.82 Å². The molecule has 0 aliphatic heterocycles. The number of aromatic nitrogens is 2. The van der Waals surface area contributed by atoms with Crippen molar-refractivity contribution < 1.29 is 8.91 Å². The van der Waals surface area contributed by atoms with E-state index in [0.29, 0.717) is 28.2 Å². The van der Waals surface area contributed by atoms with E-state index in [1.165, 1.54) is 12.1 Å². The molecule has 0 aliphatic carbocycles. The van der Waals surface area contributed by atoms with Crippen LogP contribution in [0.4, 0.5) is 4.39 Å². The number of hydrogen-bond donors (Lipinski definition) is 1. The first kappa shape index (κ1) is 13.2. The van der Waals surface area contributed by atoms with Gasteiger partial charge in [-0.1, -0.05) is 12.1 Å². The first-order chi connectivity index (χ1) is 8.44. The first-order valence-corrected chi connectivity index (χ1v) is 6.32. The maximum Gasteiger partial charge on any atom is 0.259 e. The molecule has 0 saturated carbocycles. The number of nitrogens with zero attached hydrogens (tertiary/aromatic N) is 2. The molecule has 0 saturated heterocycles. The Bertz CT molecular complexity index is 568. The third kappa shape index (κ3) is 2.44. The van der Waals surface area contributed by atoms with E-state index >= 15 is 0 Å². The zero-order valence-corrected chi connectivity index (χ0v) is 11.7. The fourth-order valence-corrected chi connectivity index (χ4v) is 1.91. The standard InChI is InChI=1S/C12H13BrFN3O/c1-3-12(2,15)11-16-10(18-17-11)8-5-4-7(14)6-9(8)13/h4-6H,3,15H2,1-2H3. The zero-order chi connectivity index (χ0) is 13.3. The Morgan fingerprint density at radius 3 is 2.83 bits per heavy atom. The molecule has 1 heterocycles. The van der Waals surface area contributed by atoms with E-state index in [1.54, 1.807) is 6.07 Å². The van der Waals surface area contributed by atoms with Crippen LogP contribution in [0.1, 0.15) is 26.1 Å². The van der Waals surface area contributed by atoms with E-state index in [4.69, 9.17) is 10.3 Å². The highest BCUT2D eigenvalue weighted by Gasteiger charge is 2.26. The SMILES string of the molecule is CCC(C)(N)c1noc(-c2ccc(F)cc2Br)n1. The van der Waals surface area contributed by atoms with Crippen LogP contribution in [0.25, 0.3) is 11.5 Å².